The van der Waals surface area contributed by atoms with E-state index in [4.69, 9.17) is 0 Å². The number of likely N-dealkylation sites (N-methyl/N-ethyl adjacent to an activating group) is 1. The van der Waals surface area contributed by atoms with Crippen LogP contribution in [0, 0.1) is 5.82 Å². The zero-order chi connectivity index (χ0) is 13.7. The van der Waals surface area contributed by atoms with Gasteiger partial charge in [-0.3, -0.25) is 4.90 Å². The third-order valence-electron chi connectivity index (χ3n) is 3.82. The first-order valence-corrected chi connectivity index (χ1v) is 7.05. The molecule has 106 valence electrons. The molecule has 4 heteroatoms. The van der Waals surface area contributed by atoms with E-state index in [1.807, 2.05) is 6.07 Å². The zero-order valence-corrected chi connectivity index (χ0v) is 11.9. The van der Waals surface area contributed by atoms with Crippen molar-refractivity contribution >= 4 is 0 Å². The number of nitrogens with one attached hydrogen (secondary N) is 1. The van der Waals surface area contributed by atoms with Crippen LogP contribution in [0.3, 0.4) is 0 Å². The van der Waals surface area contributed by atoms with Crippen molar-refractivity contribution in [2.75, 3.05) is 46.3 Å². The van der Waals surface area contributed by atoms with Crippen LogP contribution in [-0.4, -0.2) is 56.1 Å². The van der Waals surface area contributed by atoms with Crippen molar-refractivity contribution in [2.45, 2.75) is 13.0 Å². The van der Waals surface area contributed by atoms with Gasteiger partial charge in [-0.05, 0) is 31.7 Å². The van der Waals surface area contributed by atoms with Gasteiger partial charge < -0.3 is 10.2 Å². The second-order valence-electron chi connectivity index (χ2n) is 5.38. The highest BCUT2D eigenvalue weighted by molar-refractivity contribution is 5.19. The molecule has 1 N–H and O–H groups in total. The number of nitrogens with zero attached hydrogens (tertiary/aromatic N) is 2. The molecule has 1 aliphatic rings. The fourth-order valence-electron chi connectivity index (χ4n) is 2.40. The van der Waals surface area contributed by atoms with Crippen LogP contribution in [0.2, 0.25) is 0 Å². The number of piperazine rings is 1. The molecule has 1 saturated heterocycles. The van der Waals surface area contributed by atoms with Crippen molar-refractivity contribution < 1.29 is 4.39 Å². The van der Waals surface area contributed by atoms with E-state index in [1.54, 1.807) is 12.1 Å². The Balaban J connectivity index is 1.70. The van der Waals surface area contributed by atoms with Gasteiger partial charge >= 0.3 is 0 Å². The van der Waals surface area contributed by atoms with Gasteiger partial charge in [-0.2, -0.15) is 0 Å². The van der Waals surface area contributed by atoms with Gasteiger partial charge in [0.15, 0.2) is 0 Å². The lowest BCUT2D eigenvalue weighted by molar-refractivity contribution is 0.154. The lowest BCUT2D eigenvalue weighted by Crippen LogP contribution is -2.46. The van der Waals surface area contributed by atoms with Crippen LogP contribution in [0.5, 0.6) is 0 Å². The summed E-state index contributed by atoms with van der Waals surface area (Å²) >= 11 is 0. The Labute approximate surface area is 115 Å². The van der Waals surface area contributed by atoms with Crippen LogP contribution >= 0.6 is 0 Å². The summed E-state index contributed by atoms with van der Waals surface area (Å²) in [6.07, 6.45) is 0. The molecule has 0 radical (unpaired) electrons. The quantitative estimate of drug-likeness (QED) is 0.874. The molecule has 1 aromatic rings. The summed E-state index contributed by atoms with van der Waals surface area (Å²) < 4.78 is 13.1. The van der Waals surface area contributed by atoms with Gasteiger partial charge in [-0.25, -0.2) is 4.39 Å². The Morgan fingerprint density at radius 1 is 1.26 bits per heavy atom. The topological polar surface area (TPSA) is 18.5 Å². The van der Waals surface area contributed by atoms with Crippen molar-refractivity contribution in [3.63, 3.8) is 0 Å². The molecular weight excluding hydrogens is 241 g/mol. The van der Waals surface area contributed by atoms with Crippen molar-refractivity contribution in [3.05, 3.63) is 35.6 Å². The molecule has 0 aromatic heterocycles. The Morgan fingerprint density at radius 3 is 2.68 bits per heavy atom. The largest absolute Gasteiger partial charge is 0.309 e. The molecule has 1 unspecified atom stereocenters. The predicted molar refractivity (Wildman–Crippen MR) is 76.8 cm³/mol. The van der Waals surface area contributed by atoms with Gasteiger partial charge in [0.1, 0.15) is 5.82 Å². The van der Waals surface area contributed by atoms with Crippen LogP contribution in [0.4, 0.5) is 4.39 Å². The number of hydrogen-bond acceptors (Lipinski definition) is 3. The van der Waals surface area contributed by atoms with E-state index in [0.29, 0.717) is 0 Å². The molecule has 0 spiro atoms. The molecule has 1 aliphatic heterocycles. The average Bonchev–Trinajstić information content (AvgIpc) is 2.41. The summed E-state index contributed by atoms with van der Waals surface area (Å²) in [5.74, 6) is -0.162. The molecule has 3 nitrogen and oxygen atoms in total. The third-order valence-corrected chi connectivity index (χ3v) is 3.82. The Bertz CT molecular complexity index is 389. The SMILES string of the molecule is CC(NCCN1CCN(C)CC1)c1cccc(F)c1. The monoisotopic (exact) mass is 265 g/mol. The van der Waals surface area contributed by atoms with Gasteiger partial charge in [0.2, 0.25) is 0 Å². The van der Waals surface area contributed by atoms with E-state index in [0.717, 1.165) is 44.8 Å². The summed E-state index contributed by atoms with van der Waals surface area (Å²) in [4.78, 5) is 4.84. The summed E-state index contributed by atoms with van der Waals surface area (Å²) in [6, 6.07) is 7.02. The van der Waals surface area contributed by atoms with Crippen LogP contribution in [0.1, 0.15) is 18.5 Å². The van der Waals surface area contributed by atoms with Gasteiger partial charge in [-0.1, -0.05) is 12.1 Å². The maximum Gasteiger partial charge on any atom is 0.123 e. The molecule has 1 fully saturated rings. The summed E-state index contributed by atoms with van der Waals surface area (Å²) in [5.41, 5.74) is 1.01. The Kier molecular flexibility index (Phi) is 5.31. The maximum atomic E-state index is 13.1. The molecule has 1 atom stereocenters. The molecule has 1 heterocycles. The molecule has 2 rings (SSSR count). The lowest BCUT2D eigenvalue weighted by Gasteiger charge is -2.32. The van der Waals surface area contributed by atoms with Crippen molar-refractivity contribution in [2.24, 2.45) is 0 Å². The first kappa shape index (κ1) is 14.4. The van der Waals surface area contributed by atoms with Crippen LogP contribution < -0.4 is 5.32 Å². The van der Waals surface area contributed by atoms with Gasteiger partial charge in [0.05, 0.1) is 0 Å². The number of halogens is 1. The predicted octanol–water partition coefficient (Wildman–Crippen LogP) is 1.72. The standard InChI is InChI=1S/C15H24FN3/c1-13(14-4-3-5-15(16)12-14)17-6-7-19-10-8-18(2)9-11-19/h3-5,12-13,17H,6-11H2,1-2H3. The number of hydrogen-bond donors (Lipinski definition) is 1. The Morgan fingerprint density at radius 2 is 2.00 bits per heavy atom. The van der Waals surface area contributed by atoms with Gasteiger partial charge in [0, 0.05) is 45.3 Å². The maximum absolute atomic E-state index is 13.1. The zero-order valence-electron chi connectivity index (χ0n) is 11.9. The third kappa shape index (κ3) is 4.56. The van der Waals surface area contributed by atoms with Crippen molar-refractivity contribution in [1.29, 1.82) is 0 Å². The minimum absolute atomic E-state index is 0.162. The molecule has 0 bridgehead atoms. The first-order chi connectivity index (χ1) is 9.15. The van der Waals surface area contributed by atoms with E-state index in [-0.39, 0.29) is 11.9 Å². The van der Waals surface area contributed by atoms with E-state index in [2.05, 4.69) is 29.1 Å². The van der Waals surface area contributed by atoms with E-state index in [1.165, 1.54) is 6.07 Å². The van der Waals surface area contributed by atoms with Gasteiger partial charge in [-0.15, -0.1) is 0 Å². The second kappa shape index (κ2) is 6.98. The molecule has 0 amide bonds. The highest BCUT2D eigenvalue weighted by Gasteiger charge is 2.13. The lowest BCUT2D eigenvalue weighted by atomic mass is 10.1. The summed E-state index contributed by atoms with van der Waals surface area (Å²) in [6.45, 7) is 8.69. The fraction of sp³-hybridized carbons (Fsp3) is 0.600. The minimum atomic E-state index is -0.162. The molecule has 1 aromatic carbocycles. The van der Waals surface area contributed by atoms with Crippen molar-refractivity contribution in [1.82, 2.24) is 15.1 Å². The summed E-state index contributed by atoms with van der Waals surface area (Å²) in [7, 11) is 2.17. The van der Waals surface area contributed by atoms with E-state index in [9.17, 15) is 4.39 Å². The average molecular weight is 265 g/mol. The molecular formula is C15H24FN3. The normalized spacial score (nSPS) is 19.5. The summed E-state index contributed by atoms with van der Waals surface area (Å²) in [5, 5.41) is 3.46. The second-order valence-corrected chi connectivity index (χ2v) is 5.38. The van der Waals surface area contributed by atoms with E-state index < -0.39 is 0 Å². The fourth-order valence-corrected chi connectivity index (χ4v) is 2.40. The molecule has 19 heavy (non-hydrogen) atoms. The molecule has 0 saturated carbocycles. The van der Waals surface area contributed by atoms with Gasteiger partial charge in [0.25, 0.3) is 0 Å². The number of rotatable bonds is 5. The van der Waals surface area contributed by atoms with Crippen LogP contribution in [0.25, 0.3) is 0 Å². The Hall–Kier alpha value is -0.970. The highest BCUT2D eigenvalue weighted by atomic mass is 19.1. The smallest absolute Gasteiger partial charge is 0.123 e. The highest BCUT2D eigenvalue weighted by Crippen LogP contribution is 2.13. The molecule has 0 aliphatic carbocycles. The van der Waals surface area contributed by atoms with Crippen molar-refractivity contribution in [3.8, 4) is 0 Å². The van der Waals surface area contributed by atoms with Crippen LogP contribution in [-0.2, 0) is 0 Å². The van der Waals surface area contributed by atoms with Crippen LogP contribution in [0.15, 0.2) is 24.3 Å². The first-order valence-electron chi connectivity index (χ1n) is 7.05. The van der Waals surface area contributed by atoms with E-state index >= 15 is 0 Å². The minimum Gasteiger partial charge on any atom is -0.309 e. The number of benzene rings is 1.